The first-order chi connectivity index (χ1) is 13.3. The average molecular weight is 386 g/mol. The number of carbonyl (C=O) groups excluding carboxylic acids is 2. The average Bonchev–Trinajstić information content (AvgIpc) is 2.75. The second-order valence-corrected chi connectivity index (χ2v) is 6.63. The molecule has 28 heavy (non-hydrogen) atoms. The molecule has 0 saturated carbocycles. The fraction of sp³-hybridized carbons (Fsp3) is 0.263. The zero-order valence-electron chi connectivity index (χ0n) is 15.4. The minimum atomic E-state index is -0.727. The van der Waals surface area contributed by atoms with Gasteiger partial charge in [-0.2, -0.15) is 0 Å². The van der Waals surface area contributed by atoms with Crippen molar-refractivity contribution in [1.29, 1.82) is 0 Å². The number of nitrogens with one attached hydrogen (secondary N) is 1. The van der Waals surface area contributed by atoms with Gasteiger partial charge in [-0.15, -0.1) is 0 Å². The topological polar surface area (TPSA) is 95.8 Å². The van der Waals surface area contributed by atoms with Crippen molar-refractivity contribution in [3.63, 3.8) is 0 Å². The third kappa shape index (κ3) is 3.78. The van der Waals surface area contributed by atoms with E-state index >= 15 is 0 Å². The number of nitro benzene ring substituents is 1. The number of anilines is 3. The number of benzene rings is 2. The Morgan fingerprint density at radius 3 is 2.79 bits per heavy atom. The zero-order chi connectivity index (χ0) is 20.4. The molecule has 1 atom stereocenters. The number of hydrogen-bond acceptors (Lipinski definition) is 5. The van der Waals surface area contributed by atoms with Crippen molar-refractivity contribution in [1.82, 2.24) is 0 Å². The lowest BCUT2D eigenvalue weighted by molar-refractivity contribution is -0.384. The molecule has 2 amide bonds. The van der Waals surface area contributed by atoms with Crippen molar-refractivity contribution in [2.24, 2.45) is 0 Å². The molecule has 8 nitrogen and oxygen atoms in total. The highest BCUT2D eigenvalue weighted by atomic mass is 19.1. The second kappa shape index (κ2) is 7.63. The van der Waals surface area contributed by atoms with Crippen molar-refractivity contribution < 1.29 is 18.9 Å². The SMILES string of the molecule is C[C@@H]1CC(=O)Nc2ccccc2N1C(=O)CN(C)c1ccc(F)cc1[N+](=O)[O-]. The Morgan fingerprint density at radius 1 is 1.36 bits per heavy atom. The fourth-order valence-corrected chi connectivity index (χ4v) is 3.30. The van der Waals surface area contributed by atoms with E-state index in [1.165, 1.54) is 22.9 Å². The quantitative estimate of drug-likeness (QED) is 0.644. The van der Waals surface area contributed by atoms with Crippen LogP contribution in [0.5, 0.6) is 0 Å². The standard InChI is InChI=1S/C19H19FN4O4/c1-12-9-18(25)21-14-5-3-4-6-15(14)23(12)19(26)11-22(2)16-8-7-13(20)10-17(16)24(27)28/h3-8,10,12H,9,11H2,1-2H3,(H,21,25)/t12-/m1/s1. The number of hydrogen-bond donors (Lipinski definition) is 1. The van der Waals surface area contributed by atoms with E-state index in [9.17, 15) is 24.1 Å². The Kier molecular flexibility index (Phi) is 5.25. The molecule has 1 N–H and O–H groups in total. The predicted molar refractivity (Wildman–Crippen MR) is 103 cm³/mol. The van der Waals surface area contributed by atoms with Gasteiger partial charge in [0.1, 0.15) is 11.5 Å². The third-order valence-corrected chi connectivity index (χ3v) is 4.55. The number of likely N-dealkylation sites (N-methyl/N-ethyl adjacent to an activating group) is 1. The summed E-state index contributed by atoms with van der Waals surface area (Å²) < 4.78 is 13.4. The van der Waals surface area contributed by atoms with Gasteiger partial charge in [0.05, 0.1) is 28.9 Å². The van der Waals surface area contributed by atoms with Crippen molar-refractivity contribution in [2.75, 3.05) is 28.7 Å². The largest absolute Gasteiger partial charge is 0.360 e. The Bertz CT molecular complexity index is 949. The molecule has 0 radical (unpaired) electrons. The number of fused-ring (bicyclic) bond motifs is 1. The van der Waals surface area contributed by atoms with Gasteiger partial charge in [-0.3, -0.25) is 19.7 Å². The number of carbonyl (C=O) groups is 2. The van der Waals surface area contributed by atoms with Crippen LogP contribution in [-0.4, -0.2) is 36.4 Å². The van der Waals surface area contributed by atoms with Gasteiger partial charge in [-0.1, -0.05) is 12.1 Å². The summed E-state index contributed by atoms with van der Waals surface area (Å²) in [5.41, 5.74) is 0.801. The molecule has 0 aromatic heterocycles. The molecule has 2 aromatic carbocycles. The summed E-state index contributed by atoms with van der Waals surface area (Å²) in [6, 6.07) is 9.76. The van der Waals surface area contributed by atoms with Crippen LogP contribution in [0.25, 0.3) is 0 Å². The molecule has 0 aliphatic carbocycles. The van der Waals surface area contributed by atoms with E-state index in [0.29, 0.717) is 11.4 Å². The van der Waals surface area contributed by atoms with Gasteiger partial charge in [-0.25, -0.2) is 4.39 Å². The number of para-hydroxylation sites is 2. The molecule has 0 spiro atoms. The maximum Gasteiger partial charge on any atom is 0.295 e. The normalized spacial score (nSPS) is 16.0. The lowest BCUT2D eigenvalue weighted by Gasteiger charge is -2.30. The smallest absolute Gasteiger partial charge is 0.295 e. The summed E-state index contributed by atoms with van der Waals surface area (Å²) >= 11 is 0. The molecule has 0 unspecified atom stereocenters. The van der Waals surface area contributed by atoms with Crippen LogP contribution in [0.3, 0.4) is 0 Å². The maximum absolute atomic E-state index is 13.4. The number of halogens is 1. The van der Waals surface area contributed by atoms with Gasteiger partial charge in [0.2, 0.25) is 11.8 Å². The van der Waals surface area contributed by atoms with Crippen LogP contribution in [0.4, 0.5) is 27.1 Å². The fourth-order valence-electron chi connectivity index (χ4n) is 3.30. The number of rotatable bonds is 4. The summed E-state index contributed by atoms with van der Waals surface area (Å²) in [5, 5.41) is 14.0. The Hall–Kier alpha value is -3.49. The van der Waals surface area contributed by atoms with Crippen molar-refractivity contribution in [3.8, 4) is 0 Å². The number of nitro groups is 1. The van der Waals surface area contributed by atoms with E-state index in [1.54, 1.807) is 31.2 Å². The summed E-state index contributed by atoms with van der Waals surface area (Å²) in [4.78, 5) is 38.6. The molecule has 1 aliphatic heterocycles. The van der Waals surface area contributed by atoms with Gasteiger partial charge < -0.3 is 15.1 Å². The monoisotopic (exact) mass is 386 g/mol. The van der Waals surface area contributed by atoms with E-state index in [1.807, 2.05) is 0 Å². The van der Waals surface area contributed by atoms with Gasteiger partial charge in [-0.05, 0) is 31.2 Å². The summed E-state index contributed by atoms with van der Waals surface area (Å²) in [6.45, 7) is 1.58. The zero-order valence-corrected chi connectivity index (χ0v) is 15.4. The van der Waals surface area contributed by atoms with E-state index in [-0.39, 0.29) is 30.5 Å². The molecular formula is C19H19FN4O4. The van der Waals surface area contributed by atoms with Crippen LogP contribution in [0.15, 0.2) is 42.5 Å². The van der Waals surface area contributed by atoms with Crippen LogP contribution in [-0.2, 0) is 9.59 Å². The number of nitrogens with zero attached hydrogens (tertiary/aromatic N) is 3. The molecule has 0 bridgehead atoms. The van der Waals surface area contributed by atoms with E-state index in [4.69, 9.17) is 0 Å². The van der Waals surface area contributed by atoms with Gasteiger partial charge in [0.25, 0.3) is 5.69 Å². The minimum absolute atomic E-state index is 0.126. The van der Waals surface area contributed by atoms with Crippen LogP contribution in [0.1, 0.15) is 13.3 Å². The Morgan fingerprint density at radius 2 is 2.07 bits per heavy atom. The number of amides is 2. The summed E-state index contributed by atoms with van der Waals surface area (Å²) in [6.07, 6.45) is 0.126. The van der Waals surface area contributed by atoms with E-state index < -0.39 is 22.5 Å². The van der Waals surface area contributed by atoms with Gasteiger partial charge in [0, 0.05) is 19.5 Å². The first kappa shape index (κ1) is 19.3. The van der Waals surface area contributed by atoms with Crippen molar-refractivity contribution in [3.05, 3.63) is 58.4 Å². The molecule has 1 aliphatic rings. The molecule has 3 rings (SSSR count). The highest BCUT2D eigenvalue weighted by molar-refractivity contribution is 6.05. The van der Waals surface area contributed by atoms with Crippen molar-refractivity contribution >= 4 is 34.6 Å². The van der Waals surface area contributed by atoms with Gasteiger partial charge >= 0.3 is 0 Å². The highest BCUT2D eigenvalue weighted by Gasteiger charge is 2.30. The van der Waals surface area contributed by atoms with E-state index in [0.717, 1.165) is 12.1 Å². The highest BCUT2D eigenvalue weighted by Crippen LogP contribution is 2.32. The molecule has 0 saturated heterocycles. The molecule has 146 valence electrons. The van der Waals surface area contributed by atoms with Crippen molar-refractivity contribution in [2.45, 2.75) is 19.4 Å². The van der Waals surface area contributed by atoms with E-state index in [2.05, 4.69) is 5.32 Å². The lowest BCUT2D eigenvalue weighted by Crippen LogP contribution is -2.44. The molecule has 0 fully saturated rings. The van der Waals surface area contributed by atoms with Crippen LogP contribution in [0.2, 0.25) is 0 Å². The lowest BCUT2D eigenvalue weighted by atomic mass is 10.1. The van der Waals surface area contributed by atoms with Crippen LogP contribution >= 0.6 is 0 Å². The molecule has 1 heterocycles. The Labute approximate surface area is 160 Å². The molecule has 9 heteroatoms. The second-order valence-electron chi connectivity index (χ2n) is 6.63. The maximum atomic E-state index is 13.4. The van der Waals surface area contributed by atoms with Crippen LogP contribution in [0, 0.1) is 15.9 Å². The van der Waals surface area contributed by atoms with Gasteiger partial charge in [0.15, 0.2) is 0 Å². The third-order valence-electron chi connectivity index (χ3n) is 4.55. The molecule has 2 aromatic rings. The summed E-state index contributed by atoms with van der Waals surface area (Å²) in [5.74, 6) is -1.26. The first-order valence-corrected chi connectivity index (χ1v) is 8.64. The first-order valence-electron chi connectivity index (χ1n) is 8.64. The minimum Gasteiger partial charge on any atom is -0.360 e. The Balaban J connectivity index is 1.90. The molecular weight excluding hydrogens is 367 g/mol. The summed E-state index contributed by atoms with van der Waals surface area (Å²) in [7, 11) is 1.52. The van der Waals surface area contributed by atoms with Crippen LogP contribution < -0.4 is 15.1 Å². The predicted octanol–water partition coefficient (Wildman–Crippen LogP) is 2.93.